The molecule has 11 heteroatoms. The second-order valence-electron chi connectivity index (χ2n) is 19.9. The molecular weight excluding hydrogens is 668 g/mol. The molecule has 9 nitrogen and oxygen atoms in total. The Kier molecular flexibility index (Phi) is 10.2. The Morgan fingerprint density at radius 1 is 1.00 bits per heavy atom. The van der Waals surface area contributed by atoms with Crippen LogP contribution in [0.25, 0.3) is 0 Å². The Balaban J connectivity index is 1.01. The van der Waals surface area contributed by atoms with Gasteiger partial charge in [-0.25, -0.2) is 13.6 Å². The highest BCUT2D eigenvalue weighted by molar-refractivity contribution is 5.67. The van der Waals surface area contributed by atoms with Crippen LogP contribution in [-0.4, -0.2) is 121 Å². The Hall–Kier alpha value is -1.11. The van der Waals surface area contributed by atoms with Crippen molar-refractivity contribution in [3.63, 3.8) is 0 Å². The van der Waals surface area contributed by atoms with E-state index in [9.17, 15) is 23.8 Å². The van der Waals surface area contributed by atoms with Gasteiger partial charge in [0.05, 0.1) is 30.5 Å². The average Bonchev–Trinajstić information content (AvgIpc) is 3.69. The molecule has 3 N–H and O–H groups in total. The lowest BCUT2D eigenvalue weighted by atomic mass is 9.41. The van der Waals surface area contributed by atoms with Crippen molar-refractivity contribution in [1.82, 2.24) is 15.1 Å². The second kappa shape index (κ2) is 13.5. The molecule has 5 saturated carbocycles. The van der Waals surface area contributed by atoms with Crippen LogP contribution >= 0.6 is 0 Å². The van der Waals surface area contributed by atoms with Crippen molar-refractivity contribution in [2.45, 2.75) is 149 Å². The molecule has 2 saturated heterocycles. The largest absolute Gasteiger partial charge is 0.446 e. The molecule has 0 bridgehead atoms. The van der Waals surface area contributed by atoms with Crippen molar-refractivity contribution >= 4 is 6.09 Å². The highest BCUT2D eigenvalue weighted by atomic mass is 19.3. The Labute approximate surface area is 311 Å². The smallest absolute Gasteiger partial charge is 0.407 e. The average molecular weight is 738 g/mol. The molecule has 5 aliphatic carbocycles. The van der Waals surface area contributed by atoms with Crippen LogP contribution in [0.4, 0.5) is 13.6 Å². The fraction of sp³-hybridized carbons (Fsp3) is 0.976. The van der Waals surface area contributed by atoms with Gasteiger partial charge in [-0.3, -0.25) is 9.80 Å². The van der Waals surface area contributed by atoms with Crippen LogP contribution in [0.15, 0.2) is 0 Å². The van der Waals surface area contributed by atoms with E-state index < -0.39 is 24.2 Å². The summed E-state index contributed by atoms with van der Waals surface area (Å²) in [5.74, 6) is 1.47. The van der Waals surface area contributed by atoms with Crippen LogP contribution < -0.4 is 5.32 Å². The van der Waals surface area contributed by atoms with Crippen molar-refractivity contribution in [2.75, 3.05) is 52.4 Å². The molecule has 7 rings (SSSR count). The zero-order valence-corrected chi connectivity index (χ0v) is 33.3. The minimum Gasteiger partial charge on any atom is -0.446 e. The number of alkyl halides is 2. The van der Waals surface area contributed by atoms with Crippen LogP contribution in [0.1, 0.15) is 107 Å². The molecule has 0 aromatic rings. The Bertz CT molecular complexity index is 1320. The van der Waals surface area contributed by atoms with E-state index in [2.05, 4.69) is 44.8 Å². The molecule has 0 aromatic heterocycles. The zero-order valence-electron chi connectivity index (χ0n) is 33.3. The Morgan fingerprint density at radius 3 is 2.31 bits per heavy atom. The SMILES string of the molecule is CCOC(C1CC(C)C2C(O1)C(O)C1(C)C3CCC4C(C)(C)C(OC(=O)NCCN5CCN(CC(F)F)CC5)CCC45CC35CCC21C)C(C)(C)O. The van der Waals surface area contributed by atoms with Crippen LogP contribution in [-0.2, 0) is 14.2 Å². The van der Waals surface area contributed by atoms with Crippen molar-refractivity contribution in [3.05, 3.63) is 0 Å². The summed E-state index contributed by atoms with van der Waals surface area (Å²) in [5, 5.41) is 26.6. The highest BCUT2D eigenvalue weighted by Gasteiger charge is 2.84. The number of carbonyl (C=O) groups excluding carboxylic acids is 1. The van der Waals surface area contributed by atoms with Gasteiger partial charge in [0.25, 0.3) is 6.43 Å². The molecule has 0 aromatic carbocycles. The van der Waals surface area contributed by atoms with Crippen molar-refractivity contribution in [1.29, 1.82) is 0 Å². The molecule has 2 aliphatic heterocycles. The first-order valence-corrected chi connectivity index (χ1v) is 20.7. The van der Waals surface area contributed by atoms with Gasteiger partial charge in [-0.2, -0.15) is 0 Å². The number of aliphatic hydroxyl groups excluding tert-OH is 1. The number of amides is 1. The summed E-state index contributed by atoms with van der Waals surface area (Å²) in [5.41, 5.74) is -1.11. The second-order valence-corrected chi connectivity index (χ2v) is 19.9. The number of nitrogens with one attached hydrogen (secondary N) is 1. The number of rotatable bonds is 10. The van der Waals surface area contributed by atoms with Crippen LogP contribution in [0.3, 0.4) is 0 Å². The van der Waals surface area contributed by atoms with E-state index >= 15 is 0 Å². The van der Waals surface area contributed by atoms with E-state index in [1.165, 1.54) is 12.8 Å². The number of aliphatic hydroxyl groups is 2. The number of carbonyl (C=O) groups is 1. The van der Waals surface area contributed by atoms with E-state index in [1.807, 2.05) is 6.92 Å². The van der Waals surface area contributed by atoms with E-state index in [1.54, 1.807) is 18.7 Å². The number of hydrogen-bond donors (Lipinski definition) is 3. The first-order chi connectivity index (χ1) is 24.4. The lowest BCUT2D eigenvalue weighted by Gasteiger charge is -2.63. The summed E-state index contributed by atoms with van der Waals surface area (Å²) < 4.78 is 44.7. The summed E-state index contributed by atoms with van der Waals surface area (Å²) in [7, 11) is 0. The third-order valence-electron chi connectivity index (χ3n) is 17.0. The highest BCUT2D eigenvalue weighted by Crippen LogP contribution is 2.89. The predicted molar refractivity (Wildman–Crippen MR) is 195 cm³/mol. The zero-order chi connectivity index (χ0) is 37.6. The molecule has 2 spiro atoms. The normalized spacial score (nSPS) is 46.3. The molecular formula is C41H69F2N3O6. The number of halogens is 2. The summed E-state index contributed by atoms with van der Waals surface area (Å²) in [6, 6.07) is 0. The maximum Gasteiger partial charge on any atom is 0.407 e. The maximum atomic E-state index is 13.1. The molecule has 13 atom stereocenters. The van der Waals surface area contributed by atoms with E-state index in [4.69, 9.17) is 14.2 Å². The first kappa shape index (κ1) is 39.1. The molecule has 2 heterocycles. The molecule has 1 amide bonds. The topological polar surface area (TPSA) is 104 Å². The van der Waals surface area contributed by atoms with E-state index in [-0.39, 0.29) is 63.9 Å². The minimum atomic E-state index is -2.30. The quantitative estimate of drug-likeness (QED) is 0.253. The third-order valence-corrected chi connectivity index (χ3v) is 17.0. The van der Waals surface area contributed by atoms with Gasteiger partial charge >= 0.3 is 6.09 Å². The van der Waals surface area contributed by atoms with Gasteiger partial charge in [-0.15, -0.1) is 0 Å². The van der Waals surface area contributed by atoms with Gasteiger partial charge in [0.2, 0.25) is 0 Å². The van der Waals surface area contributed by atoms with Crippen molar-refractivity contribution < 1.29 is 38.0 Å². The lowest BCUT2D eigenvalue weighted by molar-refractivity contribution is -0.215. The van der Waals surface area contributed by atoms with Gasteiger partial charge in [-0.05, 0) is 112 Å². The number of alkyl carbamates (subject to hydrolysis) is 1. The van der Waals surface area contributed by atoms with Gasteiger partial charge in [0.15, 0.2) is 0 Å². The number of fused-ring (bicyclic) bond motifs is 4. The van der Waals surface area contributed by atoms with E-state index in [0.29, 0.717) is 50.5 Å². The number of ether oxygens (including phenoxy) is 3. The maximum absolute atomic E-state index is 13.1. The van der Waals surface area contributed by atoms with Gasteiger partial charge in [0, 0.05) is 56.7 Å². The lowest BCUT2D eigenvalue weighted by Crippen LogP contribution is -2.60. The fourth-order valence-electron chi connectivity index (χ4n) is 14.5. The summed E-state index contributed by atoms with van der Waals surface area (Å²) in [6.07, 6.45) is 4.01. The first-order valence-electron chi connectivity index (χ1n) is 20.7. The molecule has 13 unspecified atom stereocenters. The molecule has 298 valence electrons. The predicted octanol–water partition coefficient (Wildman–Crippen LogP) is 5.95. The minimum absolute atomic E-state index is 0.0445. The summed E-state index contributed by atoms with van der Waals surface area (Å²) in [4.78, 5) is 17.1. The standard InChI is InChI=1S/C41H69F2N3O6/c1-9-50-34(37(5,6)49)26-22-25(2)31-32(51-26)33(47)39(8)28-11-10-27-36(3,4)29(12-13-40(27)24-41(28,40)15-14-38(31,39)7)52-35(48)44-16-17-45-18-20-46(21-19-45)23-30(42)43/h25-34,47,49H,9-24H2,1-8H3,(H,44,48). The van der Waals surface area contributed by atoms with Gasteiger partial charge in [-0.1, -0.05) is 34.6 Å². The molecule has 7 aliphatic rings. The number of hydrogen-bond acceptors (Lipinski definition) is 8. The molecule has 7 fully saturated rings. The monoisotopic (exact) mass is 738 g/mol. The Morgan fingerprint density at radius 2 is 1.65 bits per heavy atom. The van der Waals surface area contributed by atoms with Gasteiger partial charge in [0.1, 0.15) is 12.2 Å². The van der Waals surface area contributed by atoms with Crippen LogP contribution in [0.5, 0.6) is 0 Å². The molecule has 52 heavy (non-hydrogen) atoms. The summed E-state index contributed by atoms with van der Waals surface area (Å²) in [6.45, 7) is 21.6. The van der Waals surface area contributed by atoms with Crippen molar-refractivity contribution in [3.8, 4) is 0 Å². The van der Waals surface area contributed by atoms with Crippen LogP contribution in [0.2, 0.25) is 0 Å². The molecule has 0 radical (unpaired) electrons. The summed E-state index contributed by atoms with van der Waals surface area (Å²) >= 11 is 0. The van der Waals surface area contributed by atoms with Crippen LogP contribution in [0, 0.1) is 50.7 Å². The fourth-order valence-corrected chi connectivity index (χ4v) is 14.5. The van der Waals surface area contributed by atoms with Gasteiger partial charge < -0.3 is 29.7 Å². The van der Waals surface area contributed by atoms with E-state index in [0.717, 1.165) is 51.6 Å². The third kappa shape index (κ3) is 5.90. The van der Waals surface area contributed by atoms with Crippen molar-refractivity contribution in [2.24, 2.45) is 50.7 Å². The number of nitrogens with zero attached hydrogens (tertiary/aromatic N) is 2. The number of piperazine rings is 1.